The number of fused-ring (bicyclic) bond motifs is 3. The van der Waals surface area contributed by atoms with Crippen molar-refractivity contribution >= 4 is 21.9 Å². The van der Waals surface area contributed by atoms with Crippen molar-refractivity contribution in [1.82, 2.24) is 9.97 Å². The SMILES string of the molecule is CC(C)C[n+]1c[nH]c2cnc3ccccc3c21.[Cl-]. The lowest BCUT2D eigenvalue weighted by molar-refractivity contribution is -0.676. The standard InChI is InChI=1S/C14H15N3.ClH/c1-10(2)8-17-9-16-13-7-15-12-6-4-3-5-11(12)14(13)17;/h3-7,9-10H,8H2,1-2H3;1H. The first kappa shape index (κ1) is 12.8. The number of para-hydroxylation sites is 1. The minimum Gasteiger partial charge on any atom is -1.00 e. The van der Waals surface area contributed by atoms with Crippen molar-refractivity contribution in [2.75, 3.05) is 0 Å². The van der Waals surface area contributed by atoms with Gasteiger partial charge in [0.15, 0.2) is 11.0 Å². The summed E-state index contributed by atoms with van der Waals surface area (Å²) in [6, 6.07) is 8.29. The molecule has 0 aliphatic rings. The zero-order chi connectivity index (χ0) is 11.8. The summed E-state index contributed by atoms with van der Waals surface area (Å²) in [6.07, 6.45) is 3.95. The van der Waals surface area contributed by atoms with E-state index in [0.717, 1.165) is 17.6 Å². The predicted molar refractivity (Wildman–Crippen MR) is 68.6 cm³/mol. The third-order valence-electron chi connectivity index (χ3n) is 2.97. The Labute approximate surface area is 112 Å². The van der Waals surface area contributed by atoms with Crippen LogP contribution >= 0.6 is 0 Å². The Morgan fingerprint density at radius 1 is 1.28 bits per heavy atom. The first-order valence-electron chi connectivity index (χ1n) is 6.00. The maximum Gasteiger partial charge on any atom is 0.242 e. The van der Waals surface area contributed by atoms with Gasteiger partial charge in [0.1, 0.15) is 0 Å². The van der Waals surface area contributed by atoms with Crippen LogP contribution in [0.25, 0.3) is 21.9 Å². The van der Waals surface area contributed by atoms with Crippen LogP contribution < -0.4 is 17.0 Å². The smallest absolute Gasteiger partial charge is 0.242 e. The van der Waals surface area contributed by atoms with Gasteiger partial charge in [-0.05, 0) is 18.1 Å². The number of hydrogen-bond acceptors (Lipinski definition) is 1. The molecule has 3 aromatic rings. The minimum absolute atomic E-state index is 0. The Hall–Kier alpha value is -1.61. The Balaban J connectivity index is 0.00000120. The number of aromatic amines is 1. The molecule has 0 bridgehead atoms. The number of pyridine rings is 1. The summed E-state index contributed by atoms with van der Waals surface area (Å²) in [5, 5.41) is 1.21. The fourth-order valence-corrected chi connectivity index (χ4v) is 2.29. The van der Waals surface area contributed by atoms with Crippen LogP contribution in [0.5, 0.6) is 0 Å². The molecule has 3 rings (SSSR count). The second-order valence-electron chi connectivity index (χ2n) is 4.86. The van der Waals surface area contributed by atoms with Gasteiger partial charge in [0.2, 0.25) is 6.33 Å². The second kappa shape index (κ2) is 4.94. The Kier molecular flexibility index (Phi) is 3.53. The van der Waals surface area contributed by atoms with Gasteiger partial charge >= 0.3 is 0 Å². The van der Waals surface area contributed by atoms with Crippen LogP contribution in [0.1, 0.15) is 13.8 Å². The predicted octanol–water partition coefficient (Wildman–Crippen LogP) is -0.336. The number of halogens is 1. The molecule has 0 aliphatic carbocycles. The molecule has 0 saturated heterocycles. The summed E-state index contributed by atoms with van der Waals surface area (Å²) in [5.41, 5.74) is 3.41. The largest absolute Gasteiger partial charge is 1.00 e. The number of rotatable bonds is 2. The van der Waals surface area contributed by atoms with Crippen LogP contribution in [0.4, 0.5) is 0 Å². The molecule has 2 aromatic heterocycles. The van der Waals surface area contributed by atoms with Crippen molar-refractivity contribution in [2.45, 2.75) is 20.4 Å². The summed E-state index contributed by atoms with van der Waals surface area (Å²) in [7, 11) is 0. The third kappa shape index (κ3) is 2.06. The minimum atomic E-state index is 0. The van der Waals surface area contributed by atoms with Gasteiger partial charge in [-0.1, -0.05) is 26.0 Å². The van der Waals surface area contributed by atoms with Gasteiger partial charge in [-0.15, -0.1) is 0 Å². The molecular weight excluding hydrogens is 246 g/mol. The lowest BCUT2D eigenvalue weighted by Crippen LogP contribution is -3.00. The Bertz CT molecular complexity index is 673. The van der Waals surface area contributed by atoms with Gasteiger partial charge in [-0.3, -0.25) is 4.98 Å². The van der Waals surface area contributed by atoms with Crippen molar-refractivity contribution in [1.29, 1.82) is 0 Å². The zero-order valence-electron chi connectivity index (χ0n) is 10.5. The van der Waals surface area contributed by atoms with E-state index in [0.29, 0.717) is 5.92 Å². The summed E-state index contributed by atoms with van der Waals surface area (Å²) < 4.78 is 2.28. The van der Waals surface area contributed by atoms with E-state index in [9.17, 15) is 0 Å². The van der Waals surface area contributed by atoms with Crippen molar-refractivity contribution < 1.29 is 17.0 Å². The number of aromatic nitrogens is 3. The van der Waals surface area contributed by atoms with Crippen molar-refractivity contribution in [3.8, 4) is 0 Å². The molecule has 0 aliphatic heterocycles. The molecule has 18 heavy (non-hydrogen) atoms. The molecule has 1 N–H and O–H groups in total. The first-order chi connectivity index (χ1) is 8.25. The number of imidazole rings is 1. The summed E-state index contributed by atoms with van der Waals surface area (Å²) >= 11 is 0. The molecule has 3 nitrogen and oxygen atoms in total. The van der Waals surface area contributed by atoms with Gasteiger partial charge in [-0.2, -0.15) is 0 Å². The molecule has 2 heterocycles. The van der Waals surface area contributed by atoms with Crippen LogP contribution in [0.3, 0.4) is 0 Å². The Morgan fingerprint density at radius 3 is 2.83 bits per heavy atom. The summed E-state index contributed by atoms with van der Waals surface area (Å²) in [4.78, 5) is 7.74. The fraction of sp³-hybridized carbons (Fsp3) is 0.286. The molecule has 4 heteroatoms. The van der Waals surface area contributed by atoms with E-state index < -0.39 is 0 Å². The van der Waals surface area contributed by atoms with Gasteiger partial charge < -0.3 is 12.4 Å². The van der Waals surface area contributed by atoms with E-state index in [1.54, 1.807) is 0 Å². The lowest BCUT2D eigenvalue weighted by atomic mass is 10.2. The van der Waals surface area contributed by atoms with Gasteiger partial charge in [-0.25, -0.2) is 9.55 Å². The average molecular weight is 262 g/mol. The number of nitrogens with one attached hydrogen (secondary N) is 1. The van der Waals surface area contributed by atoms with E-state index in [-0.39, 0.29) is 12.4 Å². The Morgan fingerprint density at radius 2 is 2.06 bits per heavy atom. The maximum absolute atomic E-state index is 4.46. The normalized spacial score (nSPS) is 11.1. The molecular formula is C14H16ClN3. The monoisotopic (exact) mass is 261 g/mol. The van der Waals surface area contributed by atoms with Crippen LogP contribution in [0, 0.1) is 5.92 Å². The third-order valence-corrected chi connectivity index (χ3v) is 2.97. The highest BCUT2D eigenvalue weighted by Gasteiger charge is 2.14. The van der Waals surface area contributed by atoms with E-state index in [1.807, 2.05) is 18.6 Å². The maximum atomic E-state index is 4.46. The van der Waals surface area contributed by atoms with Gasteiger partial charge in [0.25, 0.3) is 0 Å². The molecule has 0 atom stereocenters. The number of nitrogens with zero attached hydrogens (tertiary/aromatic N) is 2. The van der Waals surface area contributed by atoms with E-state index in [2.05, 4.69) is 46.6 Å². The van der Waals surface area contributed by atoms with Crippen molar-refractivity contribution in [2.24, 2.45) is 5.92 Å². The topological polar surface area (TPSA) is 32.6 Å². The molecule has 0 amide bonds. The fourth-order valence-electron chi connectivity index (χ4n) is 2.29. The highest BCUT2D eigenvalue weighted by molar-refractivity contribution is 5.99. The van der Waals surface area contributed by atoms with E-state index in [1.165, 1.54) is 10.9 Å². The molecule has 0 fully saturated rings. The summed E-state index contributed by atoms with van der Waals surface area (Å²) in [5.74, 6) is 0.630. The van der Waals surface area contributed by atoms with E-state index >= 15 is 0 Å². The zero-order valence-corrected chi connectivity index (χ0v) is 11.3. The molecule has 1 aromatic carbocycles. The number of benzene rings is 1. The molecule has 0 saturated carbocycles. The van der Waals surface area contributed by atoms with E-state index in [4.69, 9.17) is 0 Å². The molecule has 0 unspecified atom stereocenters. The quantitative estimate of drug-likeness (QED) is 0.630. The number of hydrogen-bond donors (Lipinski definition) is 1. The molecule has 0 spiro atoms. The van der Waals surface area contributed by atoms with Gasteiger partial charge in [0.05, 0.1) is 23.6 Å². The highest BCUT2D eigenvalue weighted by Crippen LogP contribution is 2.19. The van der Waals surface area contributed by atoms with Crippen LogP contribution in [0.2, 0.25) is 0 Å². The van der Waals surface area contributed by atoms with Crippen LogP contribution in [-0.2, 0) is 6.54 Å². The molecule has 94 valence electrons. The van der Waals surface area contributed by atoms with Crippen LogP contribution in [0.15, 0.2) is 36.8 Å². The summed E-state index contributed by atoms with van der Waals surface area (Å²) in [6.45, 7) is 5.48. The second-order valence-corrected chi connectivity index (χ2v) is 4.86. The first-order valence-corrected chi connectivity index (χ1v) is 6.00. The molecule has 0 radical (unpaired) electrons. The van der Waals surface area contributed by atoms with Crippen molar-refractivity contribution in [3.63, 3.8) is 0 Å². The average Bonchev–Trinajstić information content (AvgIpc) is 2.72. The highest BCUT2D eigenvalue weighted by atomic mass is 35.5. The van der Waals surface area contributed by atoms with Crippen molar-refractivity contribution in [3.05, 3.63) is 36.8 Å². The lowest BCUT2D eigenvalue weighted by Gasteiger charge is -2.02. The van der Waals surface area contributed by atoms with Crippen LogP contribution in [-0.4, -0.2) is 9.97 Å². The van der Waals surface area contributed by atoms with Gasteiger partial charge in [0, 0.05) is 0 Å². The number of H-pyrrole nitrogens is 1.